The number of hydrogen-bond donors (Lipinski definition) is 1. The van der Waals surface area contributed by atoms with Gasteiger partial charge in [0, 0.05) is 0 Å². The van der Waals surface area contributed by atoms with Crippen LogP contribution in [-0.2, 0) is 9.59 Å². The molecule has 0 aromatic heterocycles. The summed E-state index contributed by atoms with van der Waals surface area (Å²) in [4.78, 5) is 46.9. The molecular weight excluding hydrogens is 480 g/mol. The van der Waals surface area contributed by atoms with Gasteiger partial charge in [-0.2, -0.15) is 0 Å². The van der Waals surface area contributed by atoms with E-state index in [0.29, 0.717) is 16.4 Å². The monoisotopic (exact) mass is 502 g/mol. The molecule has 2 aliphatic heterocycles. The van der Waals surface area contributed by atoms with Crippen LogP contribution in [0.3, 0.4) is 0 Å². The number of thioether (sulfide) groups is 2. The number of urea groups is 1. The van der Waals surface area contributed by atoms with Gasteiger partial charge in [0.25, 0.3) is 5.91 Å². The topological polar surface area (TPSA) is 82.1 Å². The van der Waals surface area contributed by atoms with E-state index < -0.39 is 23.4 Å². The predicted octanol–water partition coefficient (Wildman–Crippen LogP) is 4.91. The summed E-state index contributed by atoms with van der Waals surface area (Å²) in [6.07, 6.45) is -0.733. The van der Waals surface area contributed by atoms with E-state index >= 15 is 0 Å². The maximum absolute atomic E-state index is 13.5. The van der Waals surface area contributed by atoms with Crippen molar-refractivity contribution in [1.82, 2.24) is 4.90 Å². The summed E-state index contributed by atoms with van der Waals surface area (Å²) >= 11 is 9.11. The van der Waals surface area contributed by atoms with Gasteiger partial charge >= 0.3 is 6.03 Å². The van der Waals surface area contributed by atoms with Crippen molar-refractivity contribution in [3.8, 4) is 0 Å². The molecule has 2 aromatic rings. The summed E-state index contributed by atoms with van der Waals surface area (Å²) < 4.78 is 0.742. The number of imide groups is 1. The van der Waals surface area contributed by atoms with Gasteiger partial charge in [-0.3, -0.25) is 14.5 Å². The Labute approximate surface area is 205 Å². The molecular formula is C23H23ClN4O3S2. The number of rotatable bonds is 5. The van der Waals surface area contributed by atoms with Crippen molar-refractivity contribution in [2.75, 3.05) is 22.5 Å². The van der Waals surface area contributed by atoms with Gasteiger partial charge in [-0.1, -0.05) is 60.1 Å². The standard InChI is InChI=1S/C23H23ClN4O3S2/c1-4-32-22-26-20-19(33-22)21(30)28(15-10-8-13(2)9-11-15)23(31)27(20)12-17(29)25-18-14(3)6-5-7-16(18)24/h5-11,19-20H,4,12H2,1-3H3,(H,25,29). The Morgan fingerprint density at radius 1 is 1.18 bits per heavy atom. The number of benzene rings is 2. The highest BCUT2D eigenvalue weighted by atomic mass is 35.5. The van der Waals surface area contributed by atoms with Crippen molar-refractivity contribution in [2.45, 2.75) is 32.2 Å². The van der Waals surface area contributed by atoms with Gasteiger partial charge in [-0.05, 0) is 43.4 Å². The molecule has 1 saturated heterocycles. The summed E-state index contributed by atoms with van der Waals surface area (Å²) in [5.41, 5.74) is 2.80. The molecule has 2 atom stereocenters. The number of nitrogens with one attached hydrogen (secondary N) is 1. The first-order valence-electron chi connectivity index (χ1n) is 10.4. The normalized spacial score (nSPS) is 20.1. The minimum atomic E-state index is -0.733. The third-order valence-corrected chi connectivity index (χ3v) is 7.92. The molecule has 2 aliphatic rings. The summed E-state index contributed by atoms with van der Waals surface area (Å²) in [5, 5.41) is 2.62. The fourth-order valence-electron chi connectivity index (χ4n) is 3.66. The maximum Gasteiger partial charge on any atom is 0.333 e. The largest absolute Gasteiger partial charge is 0.333 e. The van der Waals surface area contributed by atoms with Crippen LogP contribution in [0.25, 0.3) is 0 Å². The van der Waals surface area contributed by atoms with Crippen LogP contribution in [0.15, 0.2) is 47.5 Å². The van der Waals surface area contributed by atoms with E-state index in [1.165, 1.54) is 28.4 Å². The van der Waals surface area contributed by atoms with E-state index in [2.05, 4.69) is 10.3 Å². The van der Waals surface area contributed by atoms with Crippen molar-refractivity contribution >= 4 is 68.7 Å². The molecule has 4 rings (SSSR count). The molecule has 1 fully saturated rings. The molecule has 0 bridgehead atoms. The van der Waals surface area contributed by atoms with Crippen LogP contribution in [0.1, 0.15) is 18.1 Å². The molecule has 1 N–H and O–H groups in total. The molecule has 0 radical (unpaired) electrons. The quantitative estimate of drug-likeness (QED) is 0.627. The number of aliphatic imine (C=N–C) groups is 1. The van der Waals surface area contributed by atoms with Gasteiger partial charge in [0.1, 0.15) is 22.3 Å². The zero-order valence-corrected chi connectivity index (χ0v) is 20.8. The number of para-hydroxylation sites is 1. The molecule has 7 nitrogen and oxygen atoms in total. The number of aryl methyl sites for hydroxylation is 2. The fraction of sp³-hybridized carbons (Fsp3) is 0.304. The lowest BCUT2D eigenvalue weighted by Crippen LogP contribution is -2.63. The van der Waals surface area contributed by atoms with E-state index in [-0.39, 0.29) is 12.5 Å². The summed E-state index contributed by atoms with van der Waals surface area (Å²) in [6, 6.07) is 11.9. The first kappa shape index (κ1) is 23.7. The van der Waals surface area contributed by atoms with Crippen molar-refractivity contribution in [3.63, 3.8) is 0 Å². The fourth-order valence-corrected chi connectivity index (χ4v) is 6.22. The Balaban J connectivity index is 1.64. The second-order valence-corrected chi connectivity index (χ2v) is 10.7. The van der Waals surface area contributed by atoms with Gasteiger partial charge < -0.3 is 5.32 Å². The average molecular weight is 503 g/mol. The third kappa shape index (κ3) is 4.76. The number of carbonyl (C=O) groups is 3. The SMILES string of the molecule is CCSC1=NC2C(S1)C(=O)N(c1ccc(C)cc1)C(=O)N2CC(=O)Nc1c(C)cccc1Cl. The highest BCUT2D eigenvalue weighted by Gasteiger charge is 2.51. The lowest BCUT2D eigenvalue weighted by atomic mass is 10.1. The Bertz CT molecular complexity index is 1120. The second-order valence-electron chi connectivity index (χ2n) is 7.68. The Kier molecular flexibility index (Phi) is 7.02. The number of anilines is 2. The Morgan fingerprint density at radius 2 is 1.91 bits per heavy atom. The average Bonchev–Trinajstić information content (AvgIpc) is 3.20. The van der Waals surface area contributed by atoms with E-state index in [1.807, 2.05) is 39.0 Å². The summed E-state index contributed by atoms with van der Waals surface area (Å²) in [7, 11) is 0. The highest BCUT2D eigenvalue weighted by Crippen LogP contribution is 2.39. The number of carbonyl (C=O) groups excluding carboxylic acids is 3. The van der Waals surface area contributed by atoms with E-state index in [0.717, 1.165) is 26.2 Å². The van der Waals surface area contributed by atoms with Crippen LogP contribution in [0.5, 0.6) is 0 Å². The summed E-state index contributed by atoms with van der Waals surface area (Å²) in [5.74, 6) is 0.0580. The van der Waals surface area contributed by atoms with Gasteiger partial charge in [0.05, 0.1) is 16.4 Å². The second kappa shape index (κ2) is 9.79. The van der Waals surface area contributed by atoms with E-state index in [1.54, 1.807) is 24.3 Å². The zero-order chi connectivity index (χ0) is 23.7. The number of nitrogens with zero attached hydrogens (tertiary/aromatic N) is 3. The minimum Gasteiger partial charge on any atom is -0.323 e. The van der Waals surface area contributed by atoms with Crippen LogP contribution < -0.4 is 10.2 Å². The molecule has 4 amide bonds. The molecule has 0 aliphatic carbocycles. The van der Waals surface area contributed by atoms with Gasteiger partial charge in [0.2, 0.25) is 5.91 Å². The first-order chi connectivity index (χ1) is 15.8. The van der Waals surface area contributed by atoms with Crippen LogP contribution in [0, 0.1) is 13.8 Å². The number of hydrogen-bond acceptors (Lipinski definition) is 6. The molecule has 172 valence electrons. The highest BCUT2D eigenvalue weighted by molar-refractivity contribution is 8.39. The number of halogens is 1. The van der Waals surface area contributed by atoms with Crippen molar-refractivity contribution in [3.05, 3.63) is 58.6 Å². The molecule has 2 heterocycles. The van der Waals surface area contributed by atoms with Crippen LogP contribution in [0.2, 0.25) is 5.02 Å². The maximum atomic E-state index is 13.5. The van der Waals surface area contributed by atoms with Crippen molar-refractivity contribution < 1.29 is 14.4 Å². The smallest absolute Gasteiger partial charge is 0.323 e. The molecule has 10 heteroatoms. The third-order valence-electron chi connectivity index (χ3n) is 5.32. The van der Waals surface area contributed by atoms with Crippen molar-refractivity contribution in [2.24, 2.45) is 4.99 Å². The van der Waals surface area contributed by atoms with Crippen LogP contribution in [-0.4, -0.2) is 50.8 Å². The molecule has 0 spiro atoms. The number of amides is 4. The summed E-state index contributed by atoms with van der Waals surface area (Å²) in [6.45, 7) is 5.52. The van der Waals surface area contributed by atoms with Gasteiger partial charge in [-0.25, -0.2) is 14.7 Å². The predicted molar refractivity (Wildman–Crippen MR) is 136 cm³/mol. The van der Waals surface area contributed by atoms with Gasteiger partial charge in [-0.15, -0.1) is 11.8 Å². The first-order valence-corrected chi connectivity index (χ1v) is 12.7. The lowest BCUT2D eigenvalue weighted by molar-refractivity contribution is -0.122. The lowest BCUT2D eigenvalue weighted by Gasteiger charge is -2.39. The molecule has 2 unspecified atom stereocenters. The molecule has 0 saturated carbocycles. The zero-order valence-electron chi connectivity index (χ0n) is 18.4. The Hall–Kier alpha value is -2.49. The van der Waals surface area contributed by atoms with Gasteiger partial charge in [0.15, 0.2) is 0 Å². The van der Waals surface area contributed by atoms with Crippen LogP contribution in [0.4, 0.5) is 16.2 Å². The minimum absolute atomic E-state index is 0.256. The van der Waals surface area contributed by atoms with E-state index in [9.17, 15) is 14.4 Å². The molecule has 33 heavy (non-hydrogen) atoms. The molecule has 2 aromatic carbocycles. The number of fused-ring (bicyclic) bond motifs is 1. The van der Waals surface area contributed by atoms with Crippen molar-refractivity contribution in [1.29, 1.82) is 0 Å². The Morgan fingerprint density at radius 3 is 2.58 bits per heavy atom. The van der Waals surface area contributed by atoms with Crippen LogP contribution >= 0.6 is 35.1 Å². The van der Waals surface area contributed by atoms with E-state index in [4.69, 9.17) is 11.6 Å².